The van der Waals surface area contributed by atoms with Gasteiger partial charge in [-0.3, -0.25) is 14.5 Å². The highest BCUT2D eigenvalue weighted by Crippen LogP contribution is 2.36. The average molecular weight is 450 g/mol. The third-order valence-corrected chi connectivity index (χ3v) is 7.33. The molecule has 2 N–H and O–H groups in total. The van der Waals surface area contributed by atoms with Gasteiger partial charge in [-0.2, -0.15) is 0 Å². The molecule has 0 spiro atoms. The summed E-state index contributed by atoms with van der Waals surface area (Å²) in [5.41, 5.74) is 2.84. The summed E-state index contributed by atoms with van der Waals surface area (Å²) in [6, 6.07) is 13.0. The van der Waals surface area contributed by atoms with Crippen molar-refractivity contribution in [3.63, 3.8) is 0 Å². The number of hydrogen-bond donors (Lipinski definition) is 2. The number of anilines is 1. The first kappa shape index (κ1) is 23.4. The highest BCUT2D eigenvalue weighted by molar-refractivity contribution is 5.84. The van der Waals surface area contributed by atoms with Crippen LogP contribution in [-0.2, 0) is 22.4 Å². The van der Waals surface area contributed by atoms with Gasteiger partial charge >= 0.3 is 5.97 Å². The van der Waals surface area contributed by atoms with Gasteiger partial charge in [0.25, 0.3) is 0 Å². The Bertz CT molecular complexity index is 968. The third-order valence-electron chi connectivity index (χ3n) is 7.33. The number of aromatic nitrogens is 1. The minimum absolute atomic E-state index is 0.314. The second-order valence-corrected chi connectivity index (χ2v) is 9.72. The summed E-state index contributed by atoms with van der Waals surface area (Å²) in [6.07, 6.45) is 6.97. The second-order valence-electron chi connectivity index (χ2n) is 9.72. The first-order valence-corrected chi connectivity index (χ1v) is 12.2. The summed E-state index contributed by atoms with van der Waals surface area (Å²) in [7, 11) is 0. The normalized spacial score (nSPS) is 18.7. The van der Waals surface area contributed by atoms with Crippen molar-refractivity contribution >= 4 is 17.6 Å². The summed E-state index contributed by atoms with van der Waals surface area (Å²) in [5, 5.41) is 13.2. The lowest BCUT2D eigenvalue weighted by Crippen LogP contribution is -2.45. The molecule has 6 heteroatoms. The average Bonchev–Trinajstić information content (AvgIpc) is 2.83. The molecular weight excluding hydrogens is 414 g/mol. The SMILES string of the molecule is CC1(C(=O)CCCCc2ccc3c(n2)NCCC3)CCN(C(C(=O)O)c2ccccc2)CC1. The number of likely N-dealkylation sites (tertiary alicyclic amines) is 1. The van der Waals surface area contributed by atoms with E-state index in [1.807, 2.05) is 35.2 Å². The molecule has 0 bridgehead atoms. The predicted molar refractivity (Wildman–Crippen MR) is 129 cm³/mol. The van der Waals surface area contributed by atoms with Crippen LogP contribution in [0.3, 0.4) is 0 Å². The number of ketones is 1. The van der Waals surface area contributed by atoms with Crippen molar-refractivity contribution < 1.29 is 14.7 Å². The quantitative estimate of drug-likeness (QED) is 0.542. The molecule has 2 aromatic rings. The number of fused-ring (bicyclic) bond motifs is 1. The third kappa shape index (κ3) is 5.61. The molecule has 0 amide bonds. The molecule has 3 heterocycles. The van der Waals surface area contributed by atoms with Gasteiger partial charge in [0.2, 0.25) is 0 Å². The Labute approximate surface area is 196 Å². The van der Waals surface area contributed by atoms with E-state index in [1.54, 1.807) is 0 Å². The standard InChI is InChI=1S/C27H35N3O3/c1-27(15-18-30(19-16-27)24(26(32)33)20-8-3-2-4-9-20)23(31)12-6-5-11-22-14-13-21-10-7-17-28-25(21)29-22/h2-4,8-9,13-14,24H,5-7,10-12,15-19H2,1H3,(H,28,29)(H,32,33). The summed E-state index contributed by atoms with van der Waals surface area (Å²) in [6.45, 7) is 4.30. The van der Waals surface area contributed by atoms with E-state index in [-0.39, 0.29) is 5.41 Å². The molecule has 0 saturated carbocycles. The number of Topliss-reactive ketones (excluding diaryl/α,β-unsaturated/α-hetero) is 1. The highest BCUT2D eigenvalue weighted by Gasteiger charge is 2.39. The van der Waals surface area contributed by atoms with Crippen molar-refractivity contribution in [3.05, 3.63) is 59.3 Å². The summed E-state index contributed by atoms with van der Waals surface area (Å²) >= 11 is 0. The van der Waals surface area contributed by atoms with E-state index in [2.05, 4.69) is 24.4 Å². The van der Waals surface area contributed by atoms with Crippen LogP contribution in [0.4, 0.5) is 5.82 Å². The van der Waals surface area contributed by atoms with Gasteiger partial charge in [-0.25, -0.2) is 4.98 Å². The molecule has 6 nitrogen and oxygen atoms in total. The molecule has 1 atom stereocenters. The lowest BCUT2D eigenvalue weighted by atomic mass is 9.74. The first-order chi connectivity index (χ1) is 16.0. The van der Waals surface area contributed by atoms with Crippen molar-refractivity contribution in [1.29, 1.82) is 0 Å². The van der Waals surface area contributed by atoms with Crippen molar-refractivity contribution in [3.8, 4) is 0 Å². The van der Waals surface area contributed by atoms with Crippen LogP contribution in [0.2, 0.25) is 0 Å². The fourth-order valence-corrected chi connectivity index (χ4v) is 5.10. The van der Waals surface area contributed by atoms with Gasteiger partial charge in [0.1, 0.15) is 17.6 Å². The number of carbonyl (C=O) groups excluding carboxylic acids is 1. The minimum atomic E-state index is -0.831. The number of carboxylic acid groups (broad SMARTS) is 1. The zero-order valence-electron chi connectivity index (χ0n) is 19.6. The van der Waals surface area contributed by atoms with Crippen LogP contribution < -0.4 is 5.32 Å². The fraction of sp³-hybridized carbons (Fsp3) is 0.519. The van der Waals surface area contributed by atoms with Gasteiger partial charge in [0, 0.05) is 37.2 Å². The Morgan fingerprint density at radius 2 is 1.88 bits per heavy atom. The van der Waals surface area contributed by atoms with Crippen molar-refractivity contribution in [2.24, 2.45) is 5.41 Å². The van der Waals surface area contributed by atoms with Crippen LogP contribution in [0.1, 0.15) is 68.3 Å². The molecule has 0 aliphatic carbocycles. The molecule has 1 unspecified atom stereocenters. The van der Waals surface area contributed by atoms with Crippen LogP contribution in [-0.4, -0.2) is 46.4 Å². The summed E-state index contributed by atoms with van der Waals surface area (Å²) < 4.78 is 0. The molecule has 4 rings (SSSR count). The topological polar surface area (TPSA) is 82.5 Å². The number of carbonyl (C=O) groups is 2. The van der Waals surface area contributed by atoms with E-state index >= 15 is 0 Å². The minimum Gasteiger partial charge on any atom is -0.480 e. The maximum Gasteiger partial charge on any atom is 0.325 e. The number of piperidine rings is 1. The highest BCUT2D eigenvalue weighted by atomic mass is 16.4. The van der Waals surface area contributed by atoms with Gasteiger partial charge in [-0.05, 0) is 62.1 Å². The molecule has 176 valence electrons. The van der Waals surface area contributed by atoms with E-state index in [9.17, 15) is 14.7 Å². The van der Waals surface area contributed by atoms with Crippen molar-refractivity contribution in [2.75, 3.05) is 25.0 Å². The molecule has 1 saturated heterocycles. The predicted octanol–water partition coefficient (Wildman–Crippen LogP) is 4.65. The van der Waals surface area contributed by atoms with Crippen LogP contribution in [0.15, 0.2) is 42.5 Å². The zero-order chi connectivity index (χ0) is 23.3. The summed E-state index contributed by atoms with van der Waals surface area (Å²) in [5.74, 6) is 0.514. The van der Waals surface area contributed by atoms with E-state index < -0.39 is 12.0 Å². The molecule has 2 aliphatic heterocycles. The second kappa shape index (κ2) is 10.5. The first-order valence-electron chi connectivity index (χ1n) is 12.2. The van der Waals surface area contributed by atoms with Gasteiger partial charge in [0.15, 0.2) is 0 Å². The number of carboxylic acids is 1. The molecule has 1 aromatic heterocycles. The number of pyridine rings is 1. The molecule has 1 fully saturated rings. The number of rotatable bonds is 9. The molecule has 2 aliphatic rings. The number of aliphatic carboxylic acids is 1. The smallest absolute Gasteiger partial charge is 0.325 e. The van der Waals surface area contributed by atoms with Gasteiger partial charge in [-0.15, -0.1) is 0 Å². The maximum atomic E-state index is 13.0. The van der Waals surface area contributed by atoms with Gasteiger partial charge < -0.3 is 10.4 Å². The molecule has 33 heavy (non-hydrogen) atoms. The monoisotopic (exact) mass is 449 g/mol. The van der Waals surface area contributed by atoms with Crippen LogP contribution in [0.5, 0.6) is 0 Å². The number of hydrogen-bond acceptors (Lipinski definition) is 5. The Balaban J connectivity index is 1.25. The van der Waals surface area contributed by atoms with E-state index in [4.69, 9.17) is 4.98 Å². The Kier molecular flexibility index (Phi) is 7.43. The van der Waals surface area contributed by atoms with Gasteiger partial charge in [-0.1, -0.05) is 43.3 Å². The van der Waals surface area contributed by atoms with Crippen LogP contribution in [0.25, 0.3) is 0 Å². The summed E-state index contributed by atoms with van der Waals surface area (Å²) in [4.78, 5) is 31.7. The molecule has 0 radical (unpaired) electrons. The van der Waals surface area contributed by atoms with Gasteiger partial charge in [0.05, 0.1) is 0 Å². The Hall–Kier alpha value is -2.73. The lowest BCUT2D eigenvalue weighted by Gasteiger charge is -2.40. The molecular formula is C27H35N3O3. The number of aryl methyl sites for hydroxylation is 2. The maximum absolute atomic E-state index is 13.0. The van der Waals surface area contributed by atoms with Crippen LogP contribution >= 0.6 is 0 Å². The largest absolute Gasteiger partial charge is 0.480 e. The van der Waals surface area contributed by atoms with E-state index in [0.717, 1.165) is 55.7 Å². The van der Waals surface area contributed by atoms with E-state index in [0.29, 0.717) is 38.1 Å². The zero-order valence-corrected chi connectivity index (χ0v) is 19.6. The van der Waals surface area contributed by atoms with Crippen molar-refractivity contribution in [1.82, 2.24) is 9.88 Å². The Morgan fingerprint density at radius 1 is 1.12 bits per heavy atom. The van der Waals surface area contributed by atoms with Crippen LogP contribution in [0, 0.1) is 5.41 Å². The Morgan fingerprint density at radius 3 is 2.61 bits per heavy atom. The number of nitrogens with one attached hydrogen (secondary N) is 1. The van der Waals surface area contributed by atoms with Crippen molar-refractivity contribution in [2.45, 2.75) is 64.3 Å². The number of unbranched alkanes of at least 4 members (excludes halogenated alkanes) is 1. The number of benzene rings is 1. The lowest BCUT2D eigenvalue weighted by molar-refractivity contribution is -0.145. The number of nitrogens with zero attached hydrogens (tertiary/aromatic N) is 2. The van der Waals surface area contributed by atoms with E-state index in [1.165, 1.54) is 5.56 Å². The fourth-order valence-electron chi connectivity index (χ4n) is 5.10. The molecule has 1 aromatic carbocycles.